The zero-order valence-electron chi connectivity index (χ0n) is 15.0. The van der Waals surface area contributed by atoms with Crippen LogP contribution in [0.25, 0.3) is 0 Å². The third-order valence-corrected chi connectivity index (χ3v) is 4.42. The van der Waals surface area contributed by atoms with Crippen LogP contribution in [0.1, 0.15) is 38.3 Å². The molecule has 0 fully saturated rings. The molecule has 1 aromatic heterocycles. The highest BCUT2D eigenvalue weighted by atomic mass is 16.1. The summed E-state index contributed by atoms with van der Waals surface area (Å²) >= 11 is 0. The second kappa shape index (κ2) is 7.83. The molecule has 0 aliphatic carbocycles. The molecule has 1 heterocycles. The zero-order valence-corrected chi connectivity index (χ0v) is 15.0. The lowest BCUT2D eigenvalue weighted by Gasteiger charge is -2.11. The first-order valence-electron chi connectivity index (χ1n) is 8.64. The van der Waals surface area contributed by atoms with E-state index >= 15 is 0 Å². The number of amides is 1. The summed E-state index contributed by atoms with van der Waals surface area (Å²) in [7, 11) is 0. The van der Waals surface area contributed by atoms with Gasteiger partial charge < -0.3 is 10.3 Å². The van der Waals surface area contributed by atoms with Crippen molar-refractivity contribution in [2.24, 2.45) is 0 Å². The molecule has 0 radical (unpaired) electrons. The van der Waals surface area contributed by atoms with E-state index in [0.717, 1.165) is 22.4 Å². The Morgan fingerprint density at radius 3 is 2.42 bits per heavy atom. The highest BCUT2D eigenvalue weighted by Gasteiger charge is 2.13. The summed E-state index contributed by atoms with van der Waals surface area (Å²) in [6, 6.07) is 19.5. The number of rotatable bonds is 5. The van der Waals surface area contributed by atoms with Crippen LogP contribution < -0.4 is 10.9 Å². The maximum Gasteiger partial charge on any atom is 0.253 e. The van der Waals surface area contributed by atoms with Crippen molar-refractivity contribution in [1.29, 1.82) is 0 Å². The van der Waals surface area contributed by atoms with Crippen LogP contribution in [0.5, 0.6) is 0 Å². The number of pyridine rings is 1. The van der Waals surface area contributed by atoms with Crippen LogP contribution in [-0.4, -0.2) is 10.9 Å². The van der Waals surface area contributed by atoms with Crippen LogP contribution in [0.3, 0.4) is 0 Å². The fourth-order valence-corrected chi connectivity index (χ4v) is 3.08. The summed E-state index contributed by atoms with van der Waals surface area (Å²) in [4.78, 5) is 27.6. The molecule has 132 valence electrons. The number of carbonyl (C=O) groups excluding carboxylic acids is 1. The summed E-state index contributed by atoms with van der Waals surface area (Å²) in [5, 5.41) is 2.88. The number of aryl methyl sites for hydroxylation is 2. The Bertz CT molecular complexity index is 975. The SMILES string of the molecule is Cc1cc(C)c(CNC(=O)c2ccccc2Cc2ccccc2)c(=O)[nH]1. The summed E-state index contributed by atoms with van der Waals surface area (Å²) in [5.74, 6) is -0.170. The van der Waals surface area contributed by atoms with Crippen molar-refractivity contribution in [3.05, 3.63) is 105 Å². The van der Waals surface area contributed by atoms with Crippen LogP contribution >= 0.6 is 0 Å². The van der Waals surface area contributed by atoms with Crippen molar-refractivity contribution >= 4 is 5.91 Å². The molecule has 0 unspecified atom stereocenters. The second-order valence-electron chi connectivity index (χ2n) is 6.45. The molecule has 4 nitrogen and oxygen atoms in total. The predicted octanol–water partition coefficient (Wildman–Crippen LogP) is 3.51. The maximum absolute atomic E-state index is 12.7. The molecule has 3 rings (SSSR count). The molecule has 0 bridgehead atoms. The van der Waals surface area contributed by atoms with Crippen LogP contribution in [0.4, 0.5) is 0 Å². The molecule has 2 aromatic carbocycles. The second-order valence-corrected chi connectivity index (χ2v) is 6.45. The molecule has 0 atom stereocenters. The number of H-pyrrole nitrogens is 1. The average Bonchev–Trinajstić information content (AvgIpc) is 2.62. The summed E-state index contributed by atoms with van der Waals surface area (Å²) < 4.78 is 0. The predicted molar refractivity (Wildman–Crippen MR) is 103 cm³/mol. The molecule has 1 amide bonds. The normalized spacial score (nSPS) is 10.5. The van der Waals surface area contributed by atoms with Gasteiger partial charge in [-0.1, -0.05) is 48.5 Å². The lowest BCUT2D eigenvalue weighted by Crippen LogP contribution is -2.28. The highest BCUT2D eigenvalue weighted by molar-refractivity contribution is 5.95. The molecule has 0 saturated carbocycles. The van der Waals surface area contributed by atoms with Gasteiger partial charge in [0.1, 0.15) is 0 Å². The molecule has 3 aromatic rings. The van der Waals surface area contributed by atoms with E-state index in [4.69, 9.17) is 0 Å². The third-order valence-electron chi connectivity index (χ3n) is 4.42. The van der Waals surface area contributed by atoms with E-state index in [1.165, 1.54) is 0 Å². The van der Waals surface area contributed by atoms with Crippen molar-refractivity contribution in [3.63, 3.8) is 0 Å². The van der Waals surface area contributed by atoms with E-state index in [1.54, 1.807) is 0 Å². The first-order chi connectivity index (χ1) is 12.5. The van der Waals surface area contributed by atoms with Gasteiger partial charge in [0, 0.05) is 23.4 Å². The van der Waals surface area contributed by atoms with Gasteiger partial charge in [-0.3, -0.25) is 9.59 Å². The number of aromatic amines is 1. The Hall–Kier alpha value is -3.14. The van der Waals surface area contributed by atoms with Gasteiger partial charge in [-0.05, 0) is 49.1 Å². The van der Waals surface area contributed by atoms with Gasteiger partial charge in [-0.2, -0.15) is 0 Å². The summed E-state index contributed by atoms with van der Waals surface area (Å²) in [5.41, 5.74) is 4.88. The molecule has 26 heavy (non-hydrogen) atoms. The van der Waals surface area contributed by atoms with Gasteiger partial charge in [0.05, 0.1) is 0 Å². The number of benzene rings is 2. The smallest absolute Gasteiger partial charge is 0.253 e. The third kappa shape index (κ3) is 4.09. The summed E-state index contributed by atoms with van der Waals surface area (Å²) in [6.45, 7) is 3.93. The summed E-state index contributed by atoms with van der Waals surface area (Å²) in [6.07, 6.45) is 0.689. The van der Waals surface area contributed by atoms with Crippen molar-refractivity contribution in [2.75, 3.05) is 0 Å². The molecule has 0 spiro atoms. The van der Waals surface area contributed by atoms with Gasteiger partial charge in [0.15, 0.2) is 0 Å². The highest BCUT2D eigenvalue weighted by Crippen LogP contribution is 2.15. The Balaban J connectivity index is 1.78. The maximum atomic E-state index is 12.7. The first kappa shape index (κ1) is 17.7. The molecule has 0 saturated heterocycles. The van der Waals surface area contributed by atoms with E-state index in [-0.39, 0.29) is 18.0 Å². The minimum Gasteiger partial charge on any atom is -0.348 e. The van der Waals surface area contributed by atoms with Gasteiger partial charge in [-0.25, -0.2) is 0 Å². The Morgan fingerprint density at radius 2 is 1.69 bits per heavy atom. The topological polar surface area (TPSA) is 62.0 Å². The first-order valence-corrected chi connectivity index (χ1v) is 8.64. The molecular formula is C22H22N2O2. The number of nitrogens with one attached hydrogen (secondary N) is 2. The van der Waals surface area contributed by atoms with Crippen molar-refractivity contribution in [3.8, 4) is 0 Å². The molecule has 2 N–H and O–H groups in total. The molecule has 0 aliphatic heterocycles. The average molecular weight is 346 g/mol. The minimum atomic E-state index is -0.170. The van der Waals surface area contributed by atoms with Crippen molar-refractivity contribution in [2.45, 2.75) is 26.8 Å². The number of carbonyl (C=O) groups is 1. The van der Waals surface area contributed by atoms with E-state index in [1.807, 2.05) is 74.5 Å². The fraction of sp³-hybridized carbons (Fsp3) is 0.182. The lowest BCUT2D eigenvalue weighted by atomic mass is 9.99. The standard InChI is InChI=1S/C22H22N2O2/c1-15-12-16(2)24-22(26)20(15)14-23-21(25)19-11-7-6-10-18(19)13-17-8-4-3-5-9-17/h3-12H,13-14H2,1-2H3,(H,23,25)(H,24,26). The van der Waals surface area contributed by atoms with Crippen LogP contribution in [0.15, 0.2) is 65.5 Å². The Labute approximate surface area is 152 Å². The van der Waals surface area contributed by atoms with Gasteiger partial charge in [0.2, 0.25) is 0 Å². The van der Waals surface area contributed by atoms with E-state index in [9.17, 15) is 9.59 Å². The molecule has 4 heteroatoms. The van der Waals surface area contributed by atoms with Gasteiger partial charge in [0.25, 0.3) is 11.5 Å². The minimum absolute atomic E-state index is 0.152. The fourth-order valence-electron chi connectivity index (χ4n) is 3.08. The van der Waals surface area contributed by atoms with Gasteiger partial charge in [-0.15, -0.1) is 0 Å². The number of hydrogen-bond donors (Lipinski definition) is 2. The number of hydrogen-bond acceptors (Lipinski definition) is 2. The number of aromatic nitrogens is 1. The van der Waals surface area contributed by atoms with Crippen molar-refractivity contribution in [1.82, 2.24) is 10.3 Å². The van der Waals surface area contributed by atoms with Crippen LogP contribution in [0, 0.1) is 13.8 Å². The lowest BCUT2D eigenvalue weighted by molar-refractivity contribution is 0.0950. The molecule has 0 aliphatic rings. The van der Waals surface area contributed by atoms with E-state index in [2.05, 4.69) is 10.3 Å². The Kier molecular flexibility index (Phi) is 5.32. The zero-order chi connectivity index (χ0) is 18.5. The molecular weight excluding hydrogens is 324 g/mol. The van der Waals surface area contributed by atoms with E-state index in [0.29, 0.717) is 17.5 Å². The quantitative estimate of drug-likeness (QED) is 0.742. The monoisotopic (exact) mass is 346 g/mol. The van der Waals surface area contributed by atoms with Gasteiger partial charge >= 0.3 is 0 Å². The largest absolute Gasteiger partial charge is 0.348 e. The van der Waals surface area contributed by atoms with Crippen LogP contribution in [-0.2, 0) is 13.0 Å². The van der Waals surface area contributed by atoms with E-state index < -0.39 is 0 Å². The van der Waals surface area contributed by atoms with Crippen LogP contribution in [0.2, 0.25) is 0 Å². The van der Waals surface area contributed by atoms with Crippen molar-refractivity contribution < 1.29 is 4.79 Å². The Morgan fingerprint density at radius 1 is 1.00 bits per heavy atom.